The summed E-state index contributed by atoms with van der Waals surface area (Å²) in [5, 5.41) is 15.8. The maximum Gasteiger partial charge on any atom is 0.419 e. The van der Waals surface area contributed by atoms with Crippen LogP contribution in [0.2, 0.25) is 0 Å². The van der Waals surface area contributed by atoms with Crippen molar-refractivity contribution in [3.05, 3.63) is 64.5 Å². The number of likely N-dealkylation sites (tertiary alicyclic amines) is 1. The summed E-state index contributed by atoms with van der Waals surface area (Å²) >= 11 is 3.70. The van der Waals surface area contributed by atoms with Crippen molar-refractivity contribution in [1.29, 1.82) is 0 Å². The van der Waals surface area contributed by atoms with Crippen LogP contribution >= 0.6 is 15.9 Å². The number of hydrogen-bond acceptors (Lipinski definition) is 7. The lowest BCUT2D eigenvalue weighted by molar-refractivity contribution is -0.0366. The largest absolute Gasteiger partial charge is 0.443 e. The zero-order valence-electron chi connectivity index (χ0n) is 27.4. The summed E-state index contributed by atoms with van der Waals surface area (Å²) in [4.78, 5) is 16.2. The van der Waals surface area contributed by atoms with Gasteiger partial charge in [0.25, 0.3) is 0 Å². The predicted molar refractivity (Wildman–Crippen MR) is 184 cm³/mol. The van der Waals surface area contributed by atoms with Crippen LogP contribution in [-0.4, -0.2) is 65.6 Å². The topological polar surface area (TPSA) is 92.2 Å². The molecular weight excluding hydrogens is 658 g/mol. The van der Waals surface area contributed by atoms with Crippen LogP contribution in [0, 0.1) is 5.41 Å². The summed E-state index contributed by atoms with van der Waals surface area (Å²) in [5.74, 6) is 0. The van der Waals surface area contributed by atoms with Gasteiger partial charge in [0, 0.05) is 46.2 Å². The van der Waals surface area contributed by atoms with Gasteiger partial charge in [-0.2, -0.15) is 5.10 Å². The van der Waals surface area contributed by atoms with E-state index in [2.05, 4.69) is 67.5 Å². The van der Waals surface area contributed by atoms with Crippen molar-refractivity contribution < 1.29 is 14.3 Å². The van der Waals surface area contributed by atoms with E-state index in [9.17, 15) is 4.79 Å². The van der Waals surface area contributed by atoms with E-state index in [4.69, 9.17) is 14.6 Å². The number of aromatic nitrogens is 6. The first-order valence-corrected chi connectivity index (χ1v) is 17.7. The maximum absolute atomic E-state index is 13.7. The van der Waals surface area contributed by atoms with Crippen molar-refractivity contribution in [2.24, 2.45) is 5.41 Å². The summed E-state index contributed by atoms with van der Waals surface area (Å²) in [6.07, 6.45) is 11.9. The molecule has 0 bridgehead atoms. The van der Waals surface area contributed by atoms with Crippen LogP contribution in [0.15, 0.2) is 53.3 Å². The van der Waals surface area contributed by atoms with Crippen LogP contribution < -0.4 is 0 Å². The first kappa shape index (κ1) is 30.8. The first-order valence-electron chi connectivity index (χ1n) is 16.9. The summed E-state index contributed by atoms with van der Waals surface area (Å²) in [6.45, 7) is 9.95. The molecule has 3 aromatic heterocycles. The summed E-state index contributed by atoms with van der Waals surface area (Å²) < 4.78 is 18.5. The Balaban J connectivity index is 1.08. The Hall–Kier alpha value is -3.54. The Morgan fingerprint density at radius 1 is 1.06 bits per heavy atom. The summed E-state index contributed by atoms with van der Waals surface area (Å²) in [6, 6.07) is 12.6. The fourth-order valence-electron chi connectivity index (χ4n) is 7.67. The molecule has 47 heavy (non-hydrogen) atoms. The zero-order chi connectivity index (χ0) is 32.3. The molecule has 1 aliphatic carbocycles. The van der Waals surface area contributed by atoms with Gasteiger partial charge in [-0.1, -0.05) is 39.7 Å². The zero-order valence-corrected chi connectivity index (χ0v) is 29.0. The second kappa shape index (κ2) is 11.9. The SMILES string of the molecule is CC(C)(C)OC(=O)n1c(CN2CCC3(CCC3)C2)cc2ccc(Cn3cc(-c4cc(Br)cc5c4cnn5C4CCCCO4)nn3)cc21. The monoisotopic (exact) mass is 699 g/mol. The van der Waals surface area contributed by atoms with E-state index in [1.165, 1.54) is 25.7 Å². The Kier molecular flexibility index (Phi) is 7.76. The van der Waals surface area contributed by atoms with Gasteiger partial charge in [0.05, 0.1) is 30.0 Å². The molecule has 3 aliphatic rings. The molecule has 10 nitrogen and oxygen atoms in total. The smallest absolute Gasteiger partial charge is 0.419 e. The van der Waals surface area contributed by atoms with Gasteiger partial charge in [0.15, 0.2) is 6.23 Å². The third kappa shape index (κ3) is 6.02. The van der Waals surface area contributed by atoms with E-state index in [-0.39, 0.29) is 12.3 Å². The van der Waals surface area contributed by atoms with Crippen molar-refractivity contribution in [3.63, 3.8) is 0 Å². The Morgan fingerprint density at radius 3 is 2.68 bits per heavy atom. The highest BCUT2D eigenvalue weighted by atomic mass is 79.9. The number of ether oxygens (including phenoxy) is 2. The Bertz CT molecular complexity index is 1960. The number of nitrogens with zero attached hydrogens (tertiary/aromatic N) is 7. The molecule has 11 heteroatoms. The number of carbonyl (C=O) groups excluding carboxylic acids is 1. The molecule has 2 aliphatic heterocycles. The van der Waals surface area contributed by atoms with Gasteiger partial charge in [-0.15, -0.1) is 5.10 Å². The molecule has 0 amide bonds. The van der Waals surface area contributed by atoms with E-state index in [0.717, 1.165) is 94.3 Å². The lowest BCUT2D eigenvalue weighted by Gasteiger charge is -2.38. The molecular formula is C36H42BrN7O3. The van der Waals surface area contributed by atoms with E-state index in [1.54, 1.807) is 4.57 Å². The van der Waals surface area contributed by atoms with Gasteiger partial charge in [0.2, 0.25) is 0 Å². The number of fused-ring (bicyclic) bond motifs is 2. The molecule has 1 saturated carbocycles. The number of benzene rings is 2. The Morgan fingerprint density at radius 2 is 1.94 bits per heavy atom. The van der Waals surface area contributed by atoms with E-state index < -0.39 is 5.60 Å². The van der Waals surface area contributed by atoms with Crippen LogP contribution in [0.3, 0.4) is 0 Å². The lowest BCUT2D eigenvalue weighted by atomic mass is 9.68. The second-order valence-corrected chi connectivity index (χ2v) is 15.7. The van der Waals surface area contributed by atoms with Gasteiger partial charge in [0.1, 0.15) is 11.3 Å². The molecule has 1 atom stereocenters. The Labute approximate surface area is 283 Å². The van der Waals surface area contributed by atoms with Gasteiger partial charge >= 0.3 is 6.09 Å². The maximum atomic E-state index is 13.7. The molecule has 1 unspecified atom stereocenters. The fraction of sp³-hybridized carbons (Fsp3) is 0.500. The highest BCUT2D eigenvalue weighted by molar-refractivity contribution is 9.10. The number of hydrogen-bond donors (Lipinski definition) is 0. The van der Waals surface area contributed by atoms with E-state index in [0.29, 0.717) is 12.0 Å². The van der Waals surface area contributed by atoms with Crippen LogP contribution in [-0.2, 0) is 22.6 Å². The molecule has 1 spiro atoms. The normalized spacial score (nSPS) is 20.0. The quantitative estimate of drug-likeness (QED) is 0.178. The third-order valence-electron chi connectivity index (χ3n) is 10.1. The summed E-state index contributed by atoms with van der Waals surface area (Å²) in [7, 11) is 0. The van der Waals surface area contributed by atoms with Crippen LogP contribution in [0.5, 0.6) is 0 Å². The average Bonchev–Trinajstić information content (AvgIpc) is 3.81. The van der Waals surface area contributed by atoms with Gasteiger partial charge in [-0.3, -0.25) is 4.90 Å². The highest BCUT2D eigenvalue weighted by Gasteiger charge is 2.42. The number of rotatable bonds is 6. The molecule has 5 aromatic rings. The number of halogens is 1. The molecule has 3 fully saturated rings. The van der Waals surface area contributed by atoms with E-state index in [1.807, 2.05) is 42.5 Å². The molecule has 0 N–H and O–H groups in total. The van der Waals surface area contributed by atoms with Crippen molar-refractivity contribution in [1.82, 2.24) is 34.2 Å². The third-order valence-corrected chi connectivity index (χ3v) is 10.6. The fourth-order valence-corrected chi connectivity index (χ4v) is 8.12. The molecule has 0 radical (unpaired) electrons. The predicted octanol–water partition coefficient (Wildman–Crippen LogP) is 7.92. The van der Waals surface area contributed by atoms with Crippen molar-refractivity contribution in [2.75, 3.05) is 19.7 Å². The van der Waals surface area contributed by atoms with Gasteiger partial charge < -0.3 is 9.47 Å². The minimum Gasteiger partial charge on any atom is -0.443 e. The molecule has 5 heterocycles. The van der Waals surface area contributed by atoms with Crippen LogP contribution in [0.1, 0.15) is 83.2 Å². The number of carbonyl (C=O) groups is 1. The van der Waals surface area contributed by atoms with E-state index >= 15 is 0 Å². The van der Waals surface area contributed by atoms with Crippen LogP contribution in [0.4, 0.5) is 4.79 Å². The lowest BCUT2D eigenvalue weighted by Crippen LogP contribution is -2.33. The molecule has 246 valence electrons. The van der Waals surface area contributed by atoms with Crippen LogP contribution in [0.25, 0.3) is 33.1 Å². The van der Waals surface area contributed by atoms with Crippen molar-refractivity contribution >= 4 is 43.8 Å². The molecule has 2 aromatic carbocycles. The van der Waals surface area contributed by atoms with Crippen molar-refractivity contribution in [2.45, 2.75) is 90.6 Å². The van der Waals surface area contributed by atoms with Gasteiger partial charge in [-0.05, 0) is 101 Å². The van der Waals surface area contributed by atoms with Crippen molar-refractivity contribution in [3.8, 4) is 11.3 Å². The minimum atomic E-state index is -0.596. The summed E-state index contributed by atoms with van der Waals surface area (Å²) in [5.41, 5.74) is 5.51. The first-order chi connectivity index (χ1) is 22.6. The molecule has 2 saturated heterocycles. The standard InChI is InChI=1S/C36H42BrN7O3/c1-35(2,3)47-34(45)43-27(21-41-13-12-36(23-41)10-6-11-36)16-25-9-8-24(15-31(25)43)20-42-22-30(39-40-42)28-17-26(37)18-32-29(28)19-38-44(32)33-7-4-5-14-46-33/h8-9,15-19,22,33H,4-7,10-14,20-21,23H2,1-3H3. The second-order valence-electron chi connectivity index (χ2n) is 14.8. The highest BCUT2D eigenvalue weighted by Crippen LogP contribution is 2.48. The molecule has 8 rings (SSSR count). The van der Waals surface area contributed by atoms with Gasteiger partial charge in [-0.25, -0.2) is 18.7 Å². The minimum absolute atomic E-state index is 0.0520. The average molecular weight is 701 g/mol.